The van der Waals surface area contributed by atoms with E-state index in [1.807, 2.05) is 11.8 Å². The molecule has 78 valence electrons. The number of nitrogens with one attached hydrogen (secondary N) is 1. The molecule has 0 amide bonds. The molecule has 0 fully saturated rings. The smallest absolute Gasteiger partial charge is 0.0205 e. The molecule has 0 unspecified atom stereocenters. The SMILES string of the molecule is CCCNCc1ccc(SCC)cc1. The van der Waals surface area contributed by atoms with Crippen LogP contribution in [0.5, 0.6) is 0 Å². The minimum absolute atomic E-state index is 0.991. The summed E-state index contributed by atoms with van der Waals surface area (Å²) in [5.41, 5.74) is 1.37. The standard InChI is InChI=1S/C12H19NS/c1-3-9-13-10-11-5-7-12(8-6-11)14-4-2/h5-8,13H,3-4,9-10H2,1-2H3. The van der Waals surface area contributed by atoms with Crippen LogP contribution in [-0.4, -0.2) is 12.3 Å². The number of thioether (sulfide) groups is 1. The van der Waals surface area contributed by atoms with E-state index in [0.717, 1.165) is 18.8 Å². The third-order valence-electron chi connectivity index (χ3n) is 1.99. The summed E-state index contributed by atoms with van der Waals surface area (Å²) in [4.78, 5) is 1.37. The fraction of sp³-hybridized carbons (Fsp3) is 0.500. The molecular weight excluding hydrogens is 190 g/mol. The van der Waals surface area contributed by atoms with Crippen LogP contribution in [0.1, 0.15) is 25.8 Å². The second-order valence-electron chi connectivity index (χ2n) is 3.25. The first-order valence-corrected chi connectivity index (χ1v) is 6.27. The van der Waals surface area contributed by atoms with Gasteiger partial charge in [-0.25, -0.2) is 0 Å². The molecule has 0 aliphatic heterocycles. The van der Waals surface area contributed by atoms with Crippen LogP contribution in [-0.2, 0) is 6.54 Å². The number of benzene rings is 1. The van der Waals surface area contributed by atoms with E-state index in [1.54, 1.807) is 0 Å². The first-order valence-electron chi connectivity index (χ1n) is 5.29. The van der Waals surface area contributed by atoms with Gasteiger partial charge in [-0.3, -0.25) is 0 Å². The van der Waals surface area contributed by atoms with Crippen molar-refractivity contribution in [1.82, 2.24) is 5.32 Å². The second kappa shape index (κ2) is 6.91. The van der Waals surface area contributed by atoms with Crippen LogP contribution < -0.4 is 5.32 Å². The van der Waals surface area contributed by atoms with Gasteiger partial charge in [0.15, 0.2) is 0 Å². The van der Waals surface area contributed by atoms with E-state index < -0.39 is 0 Å². The van der Waals surface area contributed by atoms with Gasteiger partial charge < -0.3 is 5.32 Å². The quantitative estimate of drug-likeness (QED) is 0.570. The minimum Gasteiger partial charge on any atom is -0.313 e. The van der Waals surface area contributed by atoms with Crippen LogP contribution >= 0.6 is 11.8 Å². The van der Waals surface area contributed by atoms with Gasteiger partial charge in [0.1, 0.15) is 0 Å². The van der Waals surface area contributed by atoms with Gasteiger partial charge in [0.25, 0.3) is 0 Å². The van der Waals surface area contributed by atoms with Crippen LogP contribution in [0.2, 0.25) is 0 Å². The Balaban J connectivity index is 2.38. The van der Waals surface area contributed by atoms with Crippen molar-refractivity contribution in [2.75, 3.05) is 12.3 Å². The highest BCUT2D eigenvalue weighted by Crippen LogP contribution is 2.17. The molecule has 1 nitrogen and oxygen atoms in total. The van der Waals surface area contributed by atoms with Crippen LogP contribution in [0.4, 0.5) is 0 Å². The maximum Gasteiger partial charge on any atom is 0.0205 e. The summed E-state index contributed by atoms with van der Waals surface area (Å²) in [6.07, 6.45) is 1.20. The highest BCUT2D eigenvalue weighted by molar-refractivity contribution is 7.99. The van der Waals surface area contributed by atoms with Crippen LogP contribution in [0.15, 0.2) is 29.2 Å². The van der Waals surface area contributed by atoms with E-state index in [2.05, 4.69) is 43.4 Å². The molecule has 0 aromatic heterocycles. The van der Waals surface area contributed by atoms with Crippen molar-refractivity contribution in [2.45, 2.75) is 31.7 Å². The Labute approximate surface area is 91.3 Å². The summed E-state index contributed by atoms with van der Waals surface area (Å²) in [5, 5.41) is 3.40. The first kappa shape index (κ1) is 11.6. The maximum atomic E-state index is 3.40. The zero-order chi connectivity index (χ0) is 10.2. The van der Waals surface area contributed by atoms with E-state index in [9.17, 15) is 0 Å². The average Bonchev–Trinajstić information content (AvgIpc) is 2.21. The largest absolute Gasteiger partial charge is 0.313 e. The molecule has 14 heavy (non-hydrogen) atoms. The zero-order valence-corrected chi connectivity index (χ0v) is 9.86. The van der Waals surface area contributed by atoms with Crippen molar-refractivity contribution in [3.8, 4) is 0 Å². The number of hydrogen-bond donors (Lipinski definition) is 1. The molecule has 0 saturated heterocycles. The first-order chi connectivity index (χ1) is 6.86. The van der Waals surface area contributed by atoms with E-state index >= 15 is 0 Å². The van der Waals surface area contributed by atoms with Crippen molar-refractivity contribution in [3.63, 3.8) is 0 Å². The lowest BCUT2D eigenvalue weighted by Gasteiger charge is -2.04. The topological polar surface area (TPSA) is 12.0 Å². The fourth-order valence-corrected chi connectivity index (χ4v) is 1.94. The van der Waals surface area contributed by atoms with E-state index in [1.165, 1.54) is 16.9 Å². The van der Waals surface area contributed by atoms with Gasteiger partial charge in [-0.15, -0.1) is 11.8 Å². The van der Waals surface area contributed by atoms with Crippen molar-refractivity contribution >= 4 is 11.8 Å². The molecule has 1 N–H and O–H groups in total. The number of hydrogen-bond acceptors (Lipinski definition) is 2. The predicted octanol–water partition coefficient (Wildman–Crippen LogP) is 3.30. The minimum atomic E-state index is 0.991. The van der Waals surface area contributed by atoms with Gasteiger partial charge >= 0.3 is 0 Å². The monoisotopic (exact) mass is 209 g/mol. The van der Waals surface area contributed by atoms with Crippen molar-refractivity contribution in [2.24, 2.45) is 0 Å². The molecule has 2 heteroatoms. The third kappa shape index (κ3) is 4.16. The van der Waals surface area contributed by atoms with Gasteiger partial charge in [-0.05, 0) is 36.4 Å². The normalized spacial score (nSPS) is 10.4. The Morgan fingerprint density at radius 1 is 1.14 bits per heavy atom. The average molecular weight is 209 g/mol. The molecule has 1 aromatic carbocycles. The Morgan fingerprint density at radius 2 is 1.86 bits per heavy atom. The van der Waals surface area contributed by atoms with Crippen molar-refractivity contribution < 1.29 is 0 Å². The molecule has 0 spiro atoms. The van der Waals surface area contributed by atoms with Crippen molar-refractivity contribution in [3.05, 3.63) is 29.8 Å². The molecule has 1 rings (SSSR count). The third-order valence-corrected chi connectivity index (χ3v) is 2.88. The maximum absolute atomic E-state index is 3.40. The fourth-order valence-electron chi connectivity index (χ4n) is 1.28. The highest BCUT2D eigenvalue weighted by Gasteiger charge is 1.93. The molecular formula is C12H19NS. The van der Waals surface area contributed by atoms with Crippen molar-refractivity contribution in [1.29, 1.82) is 0 Å². The molecule has 0 aliphatic carbocycles. The lowest BCUT2D eigenvalue weighted by atomic mass is 10.2. The Kier molecular flexibility index (Phi) is 5.72. The zero-order valence-electron chi connectivity index (χ0n) is 9.05. The van der Waals surface area contributed by atoms with Gasteiger partial charge in [0.05, 0.1) is 0 Å². The van der Waals surface area contributed by atoms with Gasteiger partial charge in [-0.2, -0.15) is 0 Å². The van der Waals surface area contributed by atoms with E-state index in [0.29, 0.717) is 0 Å². The molecule has 0 radical (unpaired) electrons. The lowest BCUT2D eigenvalue weighted by molar-refractivity contribution is 0.675. The molecule has 0 bridgehead atoms. The van der Waals surface area contributed by atoms with E-state index in [-0.39, 0.29) is 0 Å². The molecule has 1 aromatic rings. The molecule has 0 atom stereocenters. The summed E-state index contributed by atoms with van der Waals surface area (Å²) in [7, 11) is 0. The Hall–Kier alpha value is -0.470. The molecule has 0 heterocycles. The summed E-state index contributed by atoms with van der Waals surface area (Å²) >= 11 is 1.89. The van der Waals surface area contributed by atoms with Gasteiger partial charge in [-0.1, -0.05) is 26.0 Å². The second-order valence-corrected chi connectivity index (χ2v) is 4.59. The summed E-state index contributed by atoms with van der Waals surface area (Å²) < 4.78 is 0. The lowest BCUT2D eigenvalue weighted by Crippen LogP contribution is -2.13. The number of rotatable bonds is 6. The summed E-state index contributed by atoms with van der Waals surface area (Å²) in [6, 6.07) is 8.83. The van der Waals surface area contributed by atoms with Gasteiger partial charge in [0, 0.05) is 11.4 Å². The van der Waals surface area contributed by atoms with Crippen LogP contribution in [0.3, 0.4) is 0 Å². The van der Waals surface area contributed by atoms with Crippen LogP contribution in [0.25, 0.3) is 0 Å². The predicted molar refractivity (Wildman–Crippen MR) is 64.8 cm³/mol. The molecule has 0 aliphatic rings. The summed E-state index contributed by atoms with van der Waals surface area (Å²) in [6.45, 7) is 6.46. The highest BCUT2D eigenvalue weighted by atomic mass is 32.2. The summed E-state index contributed by atoms with van der Waals surface area (Å²) in [5.74, 6) is 1.15. The Bertz CT molecular complexity index is 243. The Morgan fingerprint density at radius 3 is 2.43 bits per heavy atom. The van der Waals surface area contributed by atoms with E-state index in [4.69, 9.17) is 0 Å². The molecule has 0 saturated carbocycles. The van der Waals surface area contributed by atoms with Crippen LogP contribution in [0, 0.1) is 0 Å². The van der Waals surface area contributed by atoms with Gasteiger partial charge in [0.2, 0.25) is 0 Å².